The smallest absolute Gasteiger partial charge is 0.221 e. The van der Waals surface area contributed by atoms with E-state index in [1.807, 2.05) is 19.2 Å². The Labute approximate surface area is 108 Å². The Bertz CT molecular complexity index is 407. The van der Waals surface area contributed by atoms with E-state index in [2.05, 4.69) is 10.2 Å². The molecule has 0 aromatic heterocycles. The van der Waals surface area contributed by atoms with Crippen LogP contribution in [0, 0.1) is 0 Å². The Hall–Kier alpha value is -1.75. The van der Waals surface area contributed by atoms with E-state index in [4.69, 9.17) is 10.5 Å². The largest absolute Gasteiger partial charge is 0.497 e. The SMILES string of the molecule is CNC(=O)CCN(C)Cc1cc(N)cc(OC)c1. The molecule has 0 spiro atoms. The van der Waals surface area contributed by atoms with Crippen molar-refractivity contribution in [2.75, 3.05) is 33.5 Å². The number of ether oxygens (including phenoxy) is 1. The van der Waals surface area contributed by atoms with Gasteiger partial charge in [0.05, 0.1) is 7.11 Å². The molecule has 0 aliphatic heterocycles. The minimum atomic E-state index is 0.0482. The van der Waals surface area contributed by atoms with E-state index < -0.39 is 0 Å². The van der Waals surface area contributed by atoms with E-state index in [0.717, 1.165) is 17.9 Å². The predicted molar refractivity (Wildman–Crippen MR) is 72.4 cm³/mol. The normalized spacial score (nSPS) is 10.4. The second-order valence-corrected chi connectivity index (χ2v) is 4.28. The molecule has 5 nitrogen and oxygen atoms in total. The van der Waals surface area contributed by atoms with Crippen molar-refractivity contribution in [3.63, 3.8) is 0 Å². The van der Waals surface area contributed by atoms with Crippen molar-refractivity contribution in [2.45, 2.75) is 13.0 Å². The zero-order valence-electron chi connectivity index (χ0n) is 11.2. The number of rotatable bonds is 6. The number of amides is 1. The Balaban J connectivity index is 2.55. The highest BCUT2D eigenvalue weighted by Gasteiger charge is 2.05. The quantitative estimate of drug-likeness (QED) is 0.735. The molecule has 1 aromatic carbocycles. The van der Waals surface area contributed by atoms with Gasteiger partial charge in [-0.3, -0.25) is 4.79 Å². The van der Waals surface area contributed by atoms with Gasteiger partial charge in [0, 0.05) is 38.3 Å². The molecule has 0 radical (unpaired) electrons. The topological polar surface area (TPSA) is 67.6 Å². The standard InChI is InChI=1S/C13H21N3O2/c1-15-13(17)4-5-16(2)9-10-6-11(14)8-12(7-10)18-3/h6-8H,4-5,9,14H2,1-3H3,(H,15,17). The highest BCUT2D eigenvalue weighted by molar-refractivity contribution is 5.75. The maximum absolute atomic E-state index is 11.1. The van der Waals surface area contributed by atoms with Gasteiger partial charge >= 0.3 is 0 Å². The Morgan fingerprint density at radius 1 is 1.44 bits per heavy atom. The lowest BCUT2D eigenvalue weighted by Crippen LogP contribution is -2.26. The summed E-state index contributed by atoms with van der Waals surface area (Å²) in [6.45, 7) is 1.44. The fourth-order valence-electron chi connectivity index (χ4n) is 1.70. The van der Waals surface area contributed by atoms with Gasteiger partial charge in [-0.2, -0.15) is 0 Å². The van der Waals surface area contributed by atoms with Gasteiger partial charge in [-0.1, -0.05) is 0 Å². The molecule has 1 rings (SSSR count). The molecular formula is C13H21N3O2. The van der Waals surface area contributed by atoms with E-state index in [1.165, 1.54) is 0 Å². The first-order valence-electron chi connectivity index (χ1n) is 5.87. The van der Waals surface area contributed by atoms with Crippen molar-refractivity contribution in [3.8, 4) is 5.75 Å². The molecule has 3 N–H and O–H groups in total. The van der Waals surface area contributed by atoms with Crippen LogP contribution in [0.5, 0.6) is 5.75 Å². The lowest BCUT2D eigenvalue weighted by molar-refractivity contribution is -0.120. The van der Waals surface area contributed by atoms with Crippen LogP contribution >= 0.6 is 0 Å². The molecule has 0 saturated carbocycles. The van der Waals surface area contributed by atoms with Crippen LogP contribution in [-0.4, -0.2) is 38.6 Å². The minimum absolute atomic E-state index is 0.0482. The van der Waals surface area contributed by atoms with Gasteiger partial charge in [-0.05, 0) is 24.7 Å². The van der Waals surface area contributed by atoms with Crippen LogP contribution in [0.3, 0.4) is 0 Å². The van der Waals surface area contributed by atoms with Crippen LogP contribution in [0.25, 0.3) is 0 Å². The molecule has 1 aromatic rings. The predicted octanol–water partition coefficient (Wildman–Crippen LogP) is 0.845. The second kappa shape index (κ2) is 6.86. The molecule has 18 heavy (non-hydrogen) atoms. The monoisotopic (exact) mass is 251 g/mol. The summed E-state index contributed by atoms with van der Waals surface area (Å²) in [5.41, 5.74) is 7.55. The van der Waals surface area contributed by atoms with E-state index in [1.54, 1.807) is 20.2 Å². The molecule has 0 aliphatic carbocycles. The number of hydrogen-bond acceptors (Lipinski definition) is 4. The lowest BCUT2D eigenvalue weighted by Gasteiger charge is -2.17. The third-order valence-electron chi connectivity index (χ3n) is 2.68. The van der Waals surface area contributed by atoms with E-state index in [0.29, 0.717) is 18.7 Å². The number of anilines is 1. The second-order valence-electron chi connectivity index (χ2n) is 4.28. The van der Waals surface area contributed by atoms with Crippen molar-refractivity contribution in [1.29, 1.82) is 0 Å². The van der Waals surface area contributed by atoms with Gasteiger partial charge in [0.1, 0.15) is 5.75 Å². The van der Waals surface area contributed by atoms with E-state index in [9.17, 15) is 4.79 Å². The average Bonchev–Trinajstić information content (AvgIpc) is 2.35. The van der Waals surface area contributed by atoms with Crippen molar-refractivity contribution in [1.82, 2.24) is 10.2 Å². The number of benzene rings is 1. The molecule has 0 unspecified atom stereocenters. The van der Waals surface area contributed by atoms with Gasteiger partial charge in [-0.25, -0.2) is 0 Å². The average molecular weight is 251 g/mol. The summed E-state index contributed by atoms with van der Waals surface area (Å²) in [5.74, 6) is 0.803. The van der Waals surface area contributed by atoms with Crippen LogP contribution in [0.2, 0.25) is 0 Å². The highest BCUT2D eigenvalue weighted by Crippen LogP contribution is 2.19. The van der Waals surface area contributed by atoms with Gasteiger partial charge < -0.3 is 20.7 Å². The van der Waals surface area contributed by atoms with Gasteiger partial charge in [0.25, 0.3) is 0 Å². The van der Waals surface area contributed by atoms with Crippen molar-refractivity contribution >= 4 is 11.6 Å². The summed E-state index contributed by atoms with van der Waals surface area (Å²) < 4.78 is 5.17. The number of nitrogen functional groups attached to an aromatic ring is 1. The first kappa shape index (κ1) is 14.3. The van der Waals surface area contributed by atoms with E-state index in [-0.39, 0.29) is 5.91 Å². The number of carbonyl (C=O) groups is 1. The third kappa shape index (κ3) is 4.63. The van der Waals surface area contributed by atoms with Crippen LogP contribution in [0.15, 0.2) is 18.2 Å². The van der Waals surface area contributed by atoms with Crippen LogP contribution < -0.4 is 15.8 Å². The summed E-state index contributed by atoms with van der Waals surface area (Å²) >= 11 is 0. The summed E-state index contributed by atoms with van der Waals surface area (Å²) in [4.78, 5) is 13.2. The summed E-state index contributed by atoms with van der Waals surface area (Å²) in [6.07, 6.45) is 0.493. The van der Waals surface area contributed by atoms with Crippen molar-refractivity contribution in [2.24, 2.45) is 0 Å². The molecule has 100 valence electrons. The number of carbonyl (C=O) groups excluding carboxylic acids is 1. The number of hydrogen-bond donors (Lipinski definition) is 2. The summed E-state index contributed by atoms with van der Waals surface area (Å²) in [5, 5.41) is 2.61. The van der Waals surface area contributed by atoms with Crippen LogP contribution in [-0.2, 0) is 11.3 Å². The Morgan fingerprint density at radius 2 is 2.17 bits per heavy atom. The van der Waals surface area contributed by atoms with E-state index >= 15 is 0 Å². The Kier molecular flexibility index (Phi) is 5.45. The van der Waals surface area contributed by atoms with Gasteiger partial charge in [0.15, 0.2) is 0 Å². The molecule has 0 heterocycles. The maximum atomic E-state index is 11.1. The first-order valence-corrected chi connectivity index (χ1v) is 5.87. The third-order valence-corrected chi connectivity index (χ3v) is 2.68. The number of nitrogens with two attached hydrogens (primary N) is 1. The molecule has 0 fully saturated rings. The van der Waals surface area contributed by atoms with Crippen molar-refractivity contribution in [3.05, 3.63) is 23.8 Å². The maximum Gasteiger partial charge on any atom is 0.221 e. The zero-order valence-corrected chi connectivity index (χ0v) is 11.2. The van der Waals surface area contributed by atoms with Crippen LogP contribution in [0.4, 0.5) is 5.69 Å². The highest BCUT2D eigenvalue weighted by atomic mass is 16.5. The molecule has 1 amide bonds. The Morgan fingerprint density at radius 3 is 2.78 bits per heavy atom. The van der Waals surface area contributed by atoms with Crippen LogP contribution in [0.1, 0.15) is 12.0 Å². The fourth-order valence-corrected chi connectivity index (χ4v) is 1.70. The number of methoxy groups -OCH3 is 1. The summed E-state index contributed by atoms with van der Waals surface area (Å²) in [6, 6.07) is 5.65. The molecule has 0 bridgehead atoms. The molecule has 5 heteroatoms. The summed E-state index contributed by atoms with van der Waals surface area (Å²) in [7, 11) is 5.23. The fraction of sp³-hybridized carbons (Fsp3) is 0.462. The minimum Gasteiger partial charge on any atom is -0.497 e. The lowest BCUT2D eigenvalue weighted by atomic mass is 10.1. The molecule has 0 saturated heterocycles. The molecule has 0 atom stereocenters. The molecule has 0 aliphatic rings. The first-order chi connectivity index (χ1) is 8.55. The van der Waals surface area contributed by atoms with Gasteiger partial charge in [0.2, 0.25) is 5.91 Å². The van der Waals surface area contributed by atoms with Gasteiger partial charge in [-0.15, -0.1) is 0 Å². The zero-order chi connectivity index (χ0) is 13.5. The number of nitrogens with one attached hydrogen (secondary N) is 1. The molecular weight excluding hydrogens is 230 g/mol. The number of nitrogens with zero attached hydrogens (tertiary/aromatic N) is 1. The van der Waals surface area contributed by atoms with Crippen molar-refractivity contribution < 1.29 is 9.53 Å².